The molecular formula is C17H14F3N3O4S2. The number of benzene rings is 1. The minimum Gasteiger partial charge on any atom is -0.468 e. The summed E-state index contributed by atoms with van der Waals surface area (Å²) in [5.74, 6) is 0.141. The molecule has 0 fully saturated rings. The summed E-state index contributed by atoms with van der Waals surface area (Å²) in [5, 5.41) is 0.652. The molecule has 0 atom stereocenters. The number of aromatic nitrogens is 3. The average Bonchev–Trinajstić information content (AvgIpc) is 3.06. The third-order valence-corrected chi connectivity index (χ3v) is 5.87. The van der Waals surface area contributed by atoms with Crippen molar-refractivity contribution in [2.45, 2.75) is 11.9 Å². The summed E-state index contributed by atoms with van der Waals surface area (Å²) < 4.78 is 49.8. The molecule has 0 bridgehead atoms. The van der Waals surface area contributed by atoms with Crippen LogP contribution in [0.2, 0.25) is 0 Å². The van der Waals surface area contributed by atoms with E-state index in [1.165, 1.54) is 42.5 Å². The number of halogens is 3. The van der Waals surface area contributed by atoms with Gasteiger partial charge in [-0.3, -0.25) is 14.2 Å². The Morgan fingerprint density at radius 1 is 1.28 bits per heavy atom. The van der Waals surface area contributed by atoms with Gasteiger partial charge in [0.25, 0.3) is 5.56 Å². The molecule has 1 aromatic carbocycles. The molecule has 0 aliphatic carbocycles. The summed E-state index contributed by atoms with van der Waals surface area (Å²) in [6, 6.07) is 5.04. The number of methoxy groups -OCH3 is 1. The highest BCUT2D eigenvalue weighted by molar-refractivity contribution is 7.99. The molecule has 29 heavy (non-hydrogen) atoms. The molecule has 0 aliphatic rings. The van der Waals surface area contributed by atoms with Crippen LogP contribution in [-0.4, -0.2) is 32.3 Å². The molecule has 0 spiro atoms. The topological polar surface area (TPSA) is 83.2 Å². The minimum absolute atomic E-state index is 0.133. The second-order valence-corrected chi connectivity index (χ2v) is 7.71. The van der Waals surface area contributed by atoms with Crippen LogP contribution in [0.15, 0.2) is 33.9 Å². The third kappa shape index (κ3) is 4.22. The maximum atomic E-state index is 13.0. The quantitative estimate of drug-likeness (QED) is 0.562. The number of fused-ring (bicyclic) bond motifs is 1. The molecule has 154 valence electrons. The first-order chi connectivity index (χ1) is 13.6. The zero-order valence-corrected chi connectivity index (χ0v) is 16.8. The van der Waals surface area contributed by atoms with E-state index in [2.05, 4.69) is 9.11 Å². The first-order valence-electron chi connectivity index (χ1n) is 8.07. The fraction of sp³-hybridized carbons (Fsp3) is 0.294. The molecule has 0 aliphatic heterocycles. The van der Waals surface area contributed by atoms with Crippen molar-refractivity contribution in [3.05, 3.63) is 56.5 Å². The first-order valence-corrected chi connectivity index (χ1v) is 10.00. The molecule has 0 saturated heterocycles. The van der Waals surface area contributed by atoms with Crippen molar-refractivity contribution < 1.29 is 22.7 Å². The highest BCUT2D eigenvalue weighted by Gasteiger charge is 2.35. The van der Waals surface area contributed by atoms with Crippen LogP contribution in [-0.2, 0) is 28.5 Å². The lowest BCUT2D eigenvalue weighted by Crippen LogP contribution is -2.40. The van der Waals surface area contributed by atoms with Crippen molar-refractivity contribution in [1.82, 2.24) is 13.5 Å². The standard InChI is InChI=1S/C17H14F3N3O4S2/c1-22-13(17(18,19)20)6-14(24)23(16(22)26)9-3-4-12-10(5-9)11(21-29-12)7-28-8-15(25)27-2/h3-6H,7-8H2,1-2H3. The predicted molar refractivity (Wildman–Crippen MR) is 104 cm³/mol. The van der Waals surface area contributed by atoms with Crippen molar-refractivity contribution in [3.63, 3.8) is 0 Å². The lowest BCUT2D eigenvalue weighted by Gasteiger charge is -2.14. The number of ether oxygens (including phenoxy) is 1. The highest BCUT2D eigenvalue weighted by atomic mass is 32.2. The summed E-state index contributed by atoms with van der Waals surface area (Å²) >= 11 is 2.48. The van der Waals surface area contributed by atoms with Gasteiger partial charge in [0.15, 0.2) is 0 Å². The number of carbonyl (C=O) groups excluding carboxylic acids is 1. The van der Waals surface area contributed by atoms with E-state index in [9.17, 15) is 27.6 Å². The number of esters is 1. The zero-order valence-electron chi connectivity index (χ0n) is 15.1. The van der Waals surface area contributed by atoms with Crippen LogP contribution in [0.1, 0.15) is 11.4 Å². The summed E-state index contributed by atoms with van der Waals surface area (Å²) in [4.78, 5) is 36.0. The van der Waals surface area contributed by atoms with Crippen LogP contribution in [0, 0.1) is 0 Å². The maximum Gasteiger partial charge on any atom is 0.431 e. The molecule has 0 amide bonds. The van der Waals surface area contributed by atoms with Gasteiger partial charge in [-0.1, -0.05) is 0 Å². The monoisotopic (exact) mass is 445 g/mol. The fourth-order valence-corrected chi connectivity index (χ4v) is 4.30. The third-order valence-electron chi connectivity index (χ3n) is 4.08. The van der Waals surface area contributed by atoms with Gasteiger partial charge in [-0.05, 0) is 29.7 Å². The van der Waals surface area contributed by atoms with E-state index in [0.717, 1.165) is 11.7 Å². The van der Waals surface area contributed by atoms with E-state index in [4.69, 9.17) is 0 Å². The SMILES string of the molecule is COC(=O)CSCc1nsc2ccc(-n3c(=O)cc(C(F)(F)F)n(C)c3=O)cc12. The van der Waals surface area contributed by atoms with Gasteiger partial charge in [-0.15, -0.1) is 11.8 Å². The molecule has 0 radical (unpaired) electrons. The molecule has 12 heteroatoms. The van der Waals surface area contributed by atoms with Gasteiger partial charge in [-0.25, -0.2) is 9.36 Å². The molecule has 2 aromatic heterocycles. The Morgan fingerprint density at radius 2 is 2.00 bits per heavy atom. The fourth-order valence-electron chi connectivity index (χ4n) is 2.65. The lowest BCUT2D eigenvalue weighted by atomic mass is 10.2. The maximum absolute atomic E-state index is 13.0. The van der Waals surface area contributed by atoms with E-state index >= 15 is 0 Å². The van der Waals surface area contributed by atoms with Crippen LogP contribution in [0.3, 0.4) is 0 Å². The van der Waals surface area contributed by atoms with Crippen molar-refractivity contribution >= 4 is 39.3 Å². The van der Waals surface area contributed by atoms with E-state index in [0.29, 0.717) is 32.0 Å². The summed E-state index contributed by atoms with van der Waals surface area (Å²) in [5.41, 5.74) is -2.73. The summed E-state index contributed by atoms with van der Waals surface area (Å²) in [7, 11) is 2.25. The van der Waals surface area contributed by atoms with Crippen molar-refractivity contribution in [1.29, 1.82) is 0 Å². The van der Waals surface area contributed by atoms with Gasteiger partial charge in [0, 0.05) is 24.3 Å². The molecular weight excluding hydrogens is 431 g/mol. The van der Waals surface area contributed by atoms with Gasteiger partial charge in [0.1, 0.15) is 5.69 Å². The van der Waals surface area contributed by atoms with Crippen LogP contribution in [0.25, 0.3) is 15.8 Å². The predicted octanol–water partition coefficient (Wildman–Crippen LogP) is 2.57. The van der Waals surface area contributed by atoms with Gasteiger partial charge in [0.05, 0.1) is 28.9 Å². The van der Waals surface area contributed by atoms with E-state index < -0.39 is 23.1 Å². The number of carbonyl (C=O) groups is 1. The van der Waals surface area contributed by atoms with Crippen molar-refractivity contribution in [3.8, 4) is 5.69 Å². The van der Waals surface area contributed by atoms with E-state index in [1.54, 1.807) is 6.07 Å². The van der Waals surface area contributed by atoms with Gasteiger partial charge in [-0.2, -0.15) is 17.5 Å². The smallest absolute Gasteiger partial charge is 0.431 e. The van der Waals surface area contributed by atoms with Crippen LogP contribution in [0.5, 0.6) is 0 Å². The summed E-state index contributed by atoms with van der Waals surface area (Å²) in [6.07, 6.45) is -4.82. The van der Waals surface area contributed by atoms with Crippen LogP contribution < -0.4 is 11.2 Å². The number of hydrogen-bond donors (Lipinski definition) is 0. The second kappa shape index (κ2) is 8.03. The molecule has 3 aromatic rings. The molecule has 0 unspecified atom stereocenters. The first kappa shape index (κ1) is 21.1. The Morgan fingerprint density at radius 3 is 2.66 bits per heavy atom. The van der Waals surface area contributed by atoms with E-state index in [-0.39, 0.29) is 17.4 Å². The van der Waals surface area contributed by atoms with Crippen molar-refractivity contribution in [2.24, 2.45) is 7.05 Å². The van der Waals surface area contributed by atoms with Crippen LogP contribution >= 0.6 is 23.3 Å². The Balaban J connectivity index is 2.04. The average molecular weight is 445 g/mol. The number of alkyl halides is 3. The van der Waals surface area contributed by atoms with E-state index in [1.807, 2.05) is 0 Å². The largest absolute Gasteiger partial charge is 0.468 e. The molecule has 0 saturated carbocycles. The minimum atomic E-state index is -4.82. The number of nitrogens with zero attached hydrogens (tertiary/aromatic N) is 3. The van der Waals surface area contributed by atoms with Crippen molar-refractivity contribution in [2.75, 3.05) is 12.9 Å². The van der Waals surface area contributed by atoms with Gasteiger partial charge >= 0.3 is 17.8 Å². The lowest BCUT2D eigenvalue weighted by molar-refractivity contribution is -0.144. The van der Waals surface area contributed by atoms with Crippen LogP contribution in [0.4, 0.5) is 13.2 Å². The normalized spacial score (nSPS) is 11.8. The number of thioether (sulfide) groups is 1. The highest BCUT2D eigenvalue weighted by Crippen LogP contribution is 2.29. The Labute approximate surface area is 169 Å². The number of hydrogen-bond acceptors (Lipinski definition) is 7. The van der Waals surface area contributed by atoms with Gasteiger partial charge in [0.2, 0.25) is 0 Å². The molecule has 2 heterocycles. The Bertz CT molecular complexity index is 1200. The molecule has 7 nitrogen and oxygen atoms in total. The van der Waals surface area contributed by atoms with Gasteiger partial charge < -0.3 is 4.74 Å². The zero-order chi connectivity index (χ0) is 21.3. The Hall–Kier alpha value is -2.60. The molecule has 3 rings (SSSR count). The Kier molecular flexibility index (Phi) is 5.85. The number of rotatable bonds is 5. The second-order valence-electron chi connectivity index (χ2n) is 5.92. The molecule has 0 N–H and O–H groups in total. The summed E-state index contributed by atoms with van der Waals surface area (Å²) in [6.45, 7) is 0.